The molecule has 0 amide bonds. The predicted molar refractivity (Wildman–Crippen MR) is 50.5 cm³/mol. The van der Waals surface area contributed by atoms with Gasteiger partial charge < -0.3 is 8.91 Å². The Hall–Kier alpha value is -0.426. The van der Waals surface area contributed by atoms with E-state index in [1.165, 1.54) is 5.56 Å². The summed E-state index contributed by atoms with van der Waals surface area (Å²) in [4.78, 5) is 9.26. The van der Waals surface area contributed by atoms with Crippen molar-refractivity contribution in [2.75, 3.05) is 0 Å². The van der Waals surface area contributed by atoms with Gasteiger partial charge >= 0.3 is 9.28 Å². The van der Waals surface area contributed by atoms with Crippen LogP contribution < -0.4 is 0 Å². The van der Waals surface area contributed by atoms with Gasteiger partial charge in [-0.3, -0.25) is 0 Å². The van der Waals surface area contributed by atoms with Crippen molar-refractivity contribution in [2.24, 2.45) is 0 Å². The van der Waals surface area contributed by atoms with Crippen LogP contribution in [0.1, 0.15) is 5.56 Å². The first-order chi connectivity index (χ1) is 5.33. The average molecular weight is 184 g/mol. The van der Waals surface area contributed by atoms with Crippen molar-refractivity contribution >= 4 is 19.8 Å². The molecule has 0 saturated heterocycles. The van der Waals surface area contributed by atoms with Gasteiger partial charge in [0, 0.05) is 6.04 Å². The Morgan fingerprint density at radius 3 is 2.55 bits per heavy atom. The maximum atomic E-state index is 9.26. The van der Waals surface area contributed by atoms with Crippen LogP contribution in [0.25, 0.3) is 0 Å². The lowest BCUT2D eigenvalue weighted by molar-refractivity contribution is 0.435. The van der Waals surface area contributed by atoms with E-state index >= 15 is 0 Å². The summed E-state index contributed by atoms with van der Waals surface area (Å²) in [5.41, 5.74) is 1.17. The second kappa shape index (κ2) is 4.45. The molecular weight excluding hydrogens is 172 g/mol. The zero-order valence-corrected chi connectivity index (χ0v) is 9.68. The van der Waals surface area contributed by atoms with Gasteiger partial charge in [0.15, 0.2) is 0 Å². The molecule has 2 nitrogen and oxygen atoms in total. The molecule has 1 rings (SSSR count). The summed E-state index contributed by atoms with van der Waals surface area (Å²) >= 11 is 0. The van der Waals surface area contributed by atoms with Gasteiger partial charge in [-0.25, -0.2) is 0 Å². The van der Waals surface area contributed by atoms with Crippen molar-refractivity contribution in [1.29, 1.82) is 0 Å². The monoisotopic (exact) mass is 184 g/mol. The average Bonchev–Trinajstić information content (AvgIpc) is 2.06. The number of rotatable bonds is 3. The maximum absolute atomic E-state index is 9.26. The highest BCUT2D eigenvalue weighted by atomic mass is 28.3. The molecule has 0 saturated carbocycles. The van der Waals surface area contributed by atoms with Gasteiger partial charge in [-0.15, -0.1) is 0 Å². The third-order valence-corrected chi connectivity index (χ3v) is 4.52. The number of benzene rings is 1. The lowest BCUT2D eigenvalue weighted by Crippen LogP contribution is -2.19. The van der Waals surface area contributed by atoms with Crippen molar-refractivity contribution < 1.29 is 8.91 Å². The summed E-state index contributed by atoms with van der Waals surface area (Å²) in [5.74, 6) is 0. The topological polar surface area (TPSA) is 29.5 Å². The minimum Gasteiger partial charge on any atom is -0.447 e. The second-order valence-electron chi connectivity index (χ2n) is 2.38. The molecule has 1 N–H and O–H groups in total. The maximum Gasteiger partial charge on any atom is 0.312 e. The van der Waals surface area contributed by atoms with Crippen molar-refractivity contribution in [3.8, 4) is 0 Å². The molecule has 1 aromatic rings. The standard InChI is InChI=1S/C7H12O2Si2/c8-11(9-10)6-7-4-2-1-3-5-7/h1-5,8,11H,6H2,10H3. The first kappa shape index (κ1) is 8.67. The molecule has 0 aromatic heterocycles. The molecule has 0 aliphatic carbocycles. The van der Waals surface area contributed by atoms with E-state index in [9.17, 15) is 4.80 Å². The van der Waals surface area contributed by atoms with Crippen molar-refractivity contribution in [3.63, 3.8) is 0 Å². The molecule has 0 fully saturated rings. The van der Waals surface area contributed by atoms with Crippen LogP contribution in [-0.4, -0.2) is 24.6 Å². The molecule has 0 bridgehead atoms. The Morgan fingerprint density at radius 2 is 2.00 bits per heavy atom. The van der Waals surface area contributed by atoms with Crippen LogP contribution in [0.15, 0.2) is 30.3 Å². The van der Waals surface area contributed by atoms with Gasteiger partial charge in [-0.2, -0.15) is 0 Å². The Morgan fingerprint density at radius 1 is 1.36 bits per heavy atom. The van der Waals surface area contributed by atoms with E-state index in [0.717, 1.165) is 6.04 Å². The van der Waals surface area contributed by atoms with Crippen LogP contribution in [0.2, 0.25) is 0 Å². The minimum absolute atomic E-state index is 0.645. The van der Waals surface area contributed by atoms with E-state index in [-0.39, 0.29) is 0 Å². The molecule has 11 heavy (non-hydrogen) atoms. The van der Waals surface area contributed by atoms with E-state index in [0.29, 0.717) is 10.5 Å². The van der Waals surface area contributed by atoms with Gasteiger partial charge in [0.25, 0.3) is 0 Å². The van der Waals surface area contributed by atoms with Gasteiger partial charge in [0.1, 0.15) is 10.5 Å². The Balaban J connectivity index is 2.51. The van der Waals surface area contributed by atoms with E-state index in [1.807, 2.05) is 30.3 Å². The summed E-state index contributed by atoms with van der Waals surface area (Å²) in [5, 5.41) is 0. The van der Waals surface area contributed by atoms with Crippen LogP contribution in [0.4, 0.5) is 0 Å². The summed E-state index contributed by atoms with van der Waals surface area (Å²) in [6.45, 7) is 0. The lowest BCUT2D eigenvalue weighted by Gasteiger charge is -2.05. The van der Waals surface area contributed by atoms with E-state index in [4.69, 9.17) is 4.12 Å². The molecule has 1 atom stereocenters. The first-order valence-electron chi connectivity index (χ1n) is 3.57. The smallest absolute Gasteiger partial charge is 0.312 e. The van der Waals surface area contributed by atoms with E-state index in [2.05, 4.69) is 0 Å². The van der Waals surface area contributed by atoms with Crippen molar-refractivity contribution in [1.82, 2.24) is 0 Å². The zero-order chi connectivity index (χ0) is 8.10. The molecular formula is C7H12O2Si2. The summed E-state index contributed by atoms with van der Waals surface area (Å²) in [7, 11) is -1.20. The zero-order valence-electron chi connectivity index (χ0n) is 6.53. The van der Waals surface area contributed by atoms with Crippen molar-refractivity contribution in [3.05, 3.63) is 35.9 Å². The summed E-state index contributed by atoms with van der Waals surface area (Å²) in [6.07, 6.45) is 0. The first-order valence-corrected chi connectivity index (χ1v) is 6.20. The fourth-order valence-corrected chi connectivity index (χ4v) is 2.24. The number of hydrogen-bond acceptors (Lipinski definition) is 2. The SMILES string of the molecule is O[SiH](Cc1ccccc1)O[SiH3]. The molecule has 0 heterocycles. The Bertz CT molecular complexity index is 203. The second-order valence-corrected chi connectivity index (χ2v) is 5.58. The predicted octanol–water partition coefficient (Wildman–Crippen LogP) is -0.722. The normalized spacial score (nSPS) is 13.2. The highest BCUT2D eigenvalue weighted by Crippen LogP contribution is 2.00. The Labute approximate surface area is 71.2 Å². The van der Waals surface area contributed by atoms with Gasteiger partial charge in [-0.1, -0.05) is 30.3 Å². The highest BCUT2D eigenvalue weighted by molar-refractivity contribution is 6.46. The van der Waals surface area contributed by atoms with Crippen LogP contribution >= 0.6 is 0 Å². The van der Waals surface area contributed by atoms with Gasteiger partial charge in [-0.05, 0) is 5.56 Å². The molecule has 0 spiro atoms. The molecule has 0 radical (unpaired) electrons. The molecule has 0 aliphatic rings. The fourth-order valence-electron chi connectivity index (χ4n) is 0.899. The summed E-state index contributed by atoms with van der Waals surface area (Å²) < 4.78 is 4.99. The largest absolute Gasteiger partial charge is 0.447 e. The number of hydrogen-bond donors (Lipinski definition) is 1. The summed E-state index contributed by atoms with van der Waals surface area (Å²) in [6, 6.07) is 10.7. The highest BCUT2D eigenvalue weighted by Gasteiger charge is 2.04. The molecule has 4 heteroatoms. The third-order valence-electron chi connectivity index (χ3n) is 1.53. The fraction of sp³-hybridized carbons (Fsp3) is 0.143. The molecule has 1 aromatic carbocycles. The molecule has 0 aliphatic heterocycles. The van der Waals surface area contributed by atoms with Gasteiger partial charge in [0.2, 0.25) is 0 Å². The molecule has 60 valence electrons. The van der Waals surface area contributed by atoms with Gasteiger partial charge in [0.05, 0.1) is 0 Å². The Kier molecular flexibility index (Phi) is 3.51. The minimum atomic E-state index is -1.85. The lowest BCUT2D eigenvalue weighted by atomic mass is 10.2. The van der Waals surface area contributed by atoms with E-state index in [1.54, 1.807) is 0 Å². The van der Waals surface area contributed by atoms with E-state index < -0.39 is 9.28 Å². The van der Waals surface area contributed by atoms with Crippen LogP contribution in [0.5, 0.6) is 0 Å². The van der Waals surface area contributed by atoms with Crippen molar-refractivity contribution in [2.45, 2.75) is 6.04 Å². The van der Waals surface area contributed by atoms with Crippen LogP contribution in [0, 0.1) is 0 Å². The van der Waals surface area contributed by atoms with Crippen LogP contribution in [-0.2, 0) is 10.2 Å². The quantitative estimate of drug-likeness (QED) is 0.628. The third kappa shape index (κ3) is 2.98. The van der Waals surface area contributed by atoms with Crippen LogP contribution in [0.3, 0.4) is 0 Å². The molecule has 1 unspecified atom stereocenters.